The number of ether oxygens (including phenoxy) is 1. The second-order valence-corrected chi connectivity index (χ2v) is 5.83. The molecule has 18 heavy (non-hydrogen) atoms. The Kier molecular flexibility index (Phi) is 4.78. The Morgan fingerprint density at radius 1 is 1.50 bits per heavy atom. The normalized spacial score (nSPS) is 11.1. The van der Waals surface area contributed by atoms with Crippen molar-refractivity contribution < 1.29 is 17.9 Å². The van der Waals surface area contributed by atoms with Crippen molar-refractivity contribution in [2.75, 3.05) is 17.6 Å². The summed E-state index contributed by atoms with van der Waals surface area (Å²) in [6.45, 7) is 1.61. The van der Waals surface area contributed by atoms with Crippen molar-refractivity contribution in [3.05, 3.63) is 21.9 Å². The summed E-state index contributed by atoms with van der Waals surface area (Å²) in [6.07, 6.45) is 0. The van der Waals surface area contributed by atoms with Crippen LogP contribution in [-0.2, 0) is 19.6 Å². The average Bonchev–Trinajstić information content (AvgIpc) is 2.22. The van der Waals surface area contributed by atoms with Crippen LogP contribution in [0.15, 0.2) is 6.07 Å². The Labute approximate surface area is 114 Å². The Bertz CT molecular complexity index is 551. The largest absolute Gasteiger partial charge is 0.468 e. The SMILES string of the molecule is COC(=O)CS(=O)(=O)Nc1c(C)cc(Cl)nc1Cl. The van der Waals surface area contributed by atoms with Gasteiger partial charge in [-0.3, -0.25) is 9.52 Å². The van der Waals surface area contributed by atoms with Crippen LogP contribution in [0.1, 0.15) is 5.56 Å². The average molecular weight is 313 g/mol. The number of hydrogen-bond acceptors (Lipinski definition) is 5. The second-order valence-electron chi connectivity index (χ2n) is 3.36. The number of halogens is 2. The highest BCUT2D eigenvalue weighted by atomic mass is 35.5. The number of carbonyl (C=O) groups excluding carboxylic acids is 1. The van der Waals surface area contributed by atoms with E-state index in [-0.39, 0.29) is 16.0 Å². The van der Waals surface area contributed by atoms with Crippen LogP contribution < -0.4 is 4.72 Å². The number of anilines is 1. The van der Waals surface area contributed by atoms with E-state index in [0.717, 1.165) is 7.11 Å². The number of methoxy groups -OCH3 is 1. The minimum atomic E-state index is -3.90. The molecule has 0 aliphatic heterocycles. The molecule has 6 nitrogen and oxygen atoms in total. The molecule has 1 aromatic heterocycles. The number of rotatable bonds is 4. The third-order valence-electron chi connectivity index (χ3n) is 1.93. The van der Waals surface area contributed by atoms with Crippen LogP contribution in [0.3, 0.4) is 0 Å². The molecule has 0 saturated heterocycles. The molecular weight excluding hydrogens is 303 g/mol. The van der Waals surface area contributed by atoms with E-state index in [1.807, 2.05) is 0 Å². The van der Waals surface area contributed by atoms with Gasteiger partial charge >= 0.3 is 5.97 Å². The molecule has 0 unspecified atom stereocenters. The van der Waals surface area contributed by atoms with Gasteiger partial charge in [0, 0.05) is 0 Å². The molecule has 1 heterocycles. The third kappa shape index (κ3) is 4.01. The fraction of sp³-hybridized carbons (Fsp3) is 0.333. The number of aromatic nitrogens is 1. The molecule has 0 saturated carbocycles. The third-order valence-corrected chi connectivity index (χ3v) is 3.53. The summed E-state index contributed by atoms with van der Waals surface area (Å²) < 4.78 is 29.7. The molecule has 0 radical (unpaired) electrons. The Morgan fingerprint density at radius 3 is 2.61 bits per heavy atom. The minimum absolute atomic E-state index is 0.0879. The maximum Gasteiger partial charge on any atom is 0.322 e. The van der Waals surface area contributed by atoms with Gasteiger partial charge in [0.25, 0.3) is 0 Å². The Hall–Kier alpha value is -1.05. The van der Waals surface area contributed by atoms with Crippen LogP contribution in [-0.4, -0.2) is 32.2 Å². The molecule has 0 atom stereocenters. The van der Waals surface area contributed by atoms with Gasteiger partial charge in [-0.25, -0.2) is 13.4 Å². The molecule has 0 fully saturated rings. The van der Waals surface area contributed by atoms with Gasteiger partial charge in [-0.2, -0.15) is 0 Å². The van der Waals surface area contributed by atoms with Crippen molar-refractivity contribution in [2.24, 2.45) is 0 Å². The van der Waals surface area contributed by atoms with E-state index in [0.29, 0.717) is 5.56 Å². The fourth-order valence-electron chi connectivity index (χ4n) is 1.12. The number of sulfonamides is 1. The van der Waals surface area contributed by atoms with Crippen molar-refractivity contribution in [1.82, 2.24) is 4.98 Å². The summed E-state index contributed by atoms with van der Waals surface area (Å²) in [5.41, 5.74) is 0.582. The lowest BCUT2D eigenvalue weighted by molar-refractivity contribution is -0.137. The number of esters is 1. The van der Waals surface area contributed by atoms with Gasteiger partial charge in [0.1, 0.15) is 5.15 Å². The molecule has 9 heteroatoms. The Morgan fingerprint density at radius 2 is 2.11 bits per heavy atom. The van der Waals surface area contributed by atoms with Crippen molar-refractivity contribution >= 4 is 44.9 Å². The summed E-state index contributed by atoms with van der Waals surface area (Å²) in [4.78, 5) is 14.6. The summed E-state index contributed by atoms with van der Waals surface area (Å²) in [7, 11) is -2.80. The zero-order valence-corrected chi connectivity index (χ0v) is 11.9. The fourth-order valence-corrected chi connectivity index (χ4v) is 2.83. The van der Waals surface area contributed by atoms with Crippen LogP contribution in [0.5, 0.6) is 0 Å². The molecule has 1 rings (SSSR count). The van der Waals surface area contributed by atoms with E-state index in [1.54, 1.807) is 6.92 Å². The summed E-state index contributed by atoms with van der Waals surface area (Å²) >= 11 is 11.4. The van der Waals surface area contributed by atoms with Gasteiger partial charge in [-0.15, -0.1) is 0 Å². The van der Waals surface area contributed by atoms with Crippen molar-refractivity contribution in [3.8, 4) is 0 Å². The van der Waals surface area contributed by atoms with Crippen LogP contribution >= 0.6 is 23.2 Å². The predicted octanol–water partition coefficient (Wildman–Crippen LogP) is 1.61. The smallest absolute Gasteiger partial charge is 0.322 e. The minimum Gasteiger partial charge on any atom is -0.468 e. The van der Waals surface area contributed by atoms with Gasteiger partial charge < -0.3 is 4.74 Å². The number of hydrogen-bond donors (Lipinski definition) is 1. The first-order valence-electron chi connectivity index (χ1n) is 4.65. The van der Waals surface area contributed by atoms with Crippen molar-refractivity contribution in [2.45, 2.75) is 6.92 Å². The summed E-state index contributed by atoms with van der Waals surface area (Å²) in [6, 6.07) is 1.45. The zero-order chi connectivity index (χ0) is 13.9. The number of nitrogens with one attached hydrogen (secondary N) is 1. The second kappa shape index (κ2) is 5.73. The number of nitrogens with zero attached hydrogens (tertiary/aromatic N) is 1. The molecule has 0 aliphatic rings. The van der Waals surface area contributed by atoms with E-state index < -0.39 is 21.7 Å². The van der Waals surface area contributed by atoms with E-state index >= 15 is 0 Å². The standard InChI is InChI=1S/C9H10Cl2N2O4S/c1-5-3-6(10)12-9(11)8(5)13-18(15,16)4-7(14)17-2/h3,13H,4H2,1-2H3. The van der Waals surface area contributed by atoms with E-state index in [4.69, 9.17) is 23.2 Å². The number of pyridine rings is 1. The summed E-state index contributed by atoms with van der Waals surface area (Å²) in [5.74, 6) is -1.68. The molecule has 100 valence electrons. The predicted molar refractivity (Wildman–Crippen MR) is 68.4 cm³/mol. The molecule has 0 amide bonds. The highest BCUT2D eigenvalue weighted by molar-refractivity contribution is 7.93. The first kappa shape index (κ1) is 15.0. The van der Waals surface area contributed by atoms with Crippen molar-refractivity contribution in [3.63, 3.8) is 0 Å². The maximum absolute atomic E-state index is 11.6. The lowest BCUT2D eigenvalue weighted by Crippen LogP contribution is -2.24. The molecule has 0 bridgehead atoms. The molecule has 0 aromatic carbocycles. The molecule has 1 N–H and O–H groups in total. The van der Waals surface area contributed by atoms with Crippen LogP contribution in [0.2, 0.25) is 10.3 Å². The topological polar surface area (TPSA) is 85.4 Å². The van der Waals surface area contributed by atoms with Crippen LogP contribution in [0, 0.1) is 6.92 Å². The Balaban J connectivity index is 3.01. The zero-order valence-electron chi connectivity index (χ0n) is 9.53. The van der Waals surface area contributed by atoms with Gasteiger partial charge in [0.05, 0.1) is 12.8 Å². The molecule has 0 aliphatic carbocycles. The van der Waals surface area contributed by atoms with E-state index in [9.17, 15) is 13.2 Å². The first-order chi connectivity index (χ1) is 8.25. The molecule has 1 aromatic rings. The molecular formula is C9H10Cl2N2O4S. The molecule has 0 spiro atoms. The highest BCUT2D eigenvalue weighted by Gasteiger charge is 2.20. The van der Waals surface area contributed by atoms with E-state index in [2.05, 4.69) is 14.4 Å². The number of carbonyl (C=O) groups is 1. The van der Waals surface area contributed by atoms with Crippen molar-refractivity contribution in [1.29, 1.82) is 0 Å². The lowest BCUT2D eigenvalue weighted by Gasteiger charge is -2.11. The van der Waals surface area contributed by atoms with Gasteiger partial charge in [0.2, 0.25) is 10.0 Å². The van der Waals surface area contributed by atoms with Gasteiger partial charge in [0.15, 0.2) is 10.9 Å². The quantitative estimate of drug-likeness (QED) is 0.674. The monoisotopic (exact) mass is 312 g/mol. The van der Waals surface area contributed by atoms with Crippen LogP contribution in [0.4, 0.5) is 5.69 Å². The van der Waals surface area contributed by atoms with E-state index in [1.165, 1.54) is 6.07 Å². The lowest BCUT2D eigenvalue weighted by atomic mass is 10.3. The van der Waals surface area contributed by atoms with Gasteiger partial charge in [-0.05, 0) is 18.6 Å². The number of aryl methyl sites for hydroxylation is 1. The summed E-state index contributed by atoms with van der Waals surface area (Å²) in [5, 5.41) is 0.0573. The first-order valence-corrected chi connectivity index (χ1v) is 7.06. The maximum atomic E-state index is 11.6. The highest BCUT2D eigenvalue weighted by Crippen LogP contribution is 2.27. The van der Waals surface area contributed by atoms with Gasteiger partial charge in [-0.1, -0.05) is 23.2 Å². The van der Waals surface area contributed by atoms with Crippen LogP contribution in [0.25, 0.3) is 0 Å².